The van der Waals surface area contributed by atoms with E-state index in [0.717, 1.165) is 11.1 Å². The Morgan fingerprint density at radius 1 is 0.971 bits per heavy atom. The Labute approximate surface area is 203 Å². The second-order valence-corrected chi connectivity index (χ2v) is 9.44. The van der Waals surface area contributed by atoms with Gasteiger partial charge in [0.1, 0.15) is 5.75 Å². The maximum Gasteiger partial charge on any atom is 0.333 e. The Morgan fingerprint density at radius 3 is 2.06 bits per heavy atom. The van der Waals surface area contributed by atoms with Crippen LogP contribution in [0.1, 0.15) is 70.6 Å². The van der Waals surface area contributed by atoms with Gasteiger partial charge in [0.15, 0.2) is 12.7 Å². The summed E-state index contributed by atoms with van der Waals surface area (Å²) in [4.78, 5) is 26.1. The largest absolute Gasteiger partial charge is 0.484 e. The summed E-state index contributed by atoms with van der Waals surface area (Å²) in [5.74, 6) is -0.735. The van der Waals surface area contributed by atoms with Gasteiger partial charge in [-0.1, -0.05) is 64.1 Å². The highest BCUT2D eigenvalue weighted by atomic mass is 16.5. The highest BCUT2D eigenvalue weighted by Crippen LogP contribution is 2.28. The maximum atomic E-state index is 12.8. The lowest BCUT2D eigenvalue weighted by Crippen LogP contribution is -2.34. The van der Waals surface area contributed by atoms with E-state index in [9.17, 15) is 14.7 Å². The number of carboxylic acid groups (broad SMARTS) is 1. The highest BCUT2D eigenvalue weighted by Gasteiger charge is 2.28. The summed E-state index contributed by atoms with van der Waals surface area (Å²) < 4.78 is 11.2. The van der Waals surface area contributed by atoms with Crippen molar-refractivity contribution in [2.75, 3.05) is 19.8 Å². The van der Waals surface area contributed by atoms with Crippen molar-refractivity contribution in [3.8, 4) is 5.75 Å². The molecule has 34 heavy (non-hydrogen) atoms. The summed E-state index contributed by atoms with van der Waals surface area (Å²) >= 11 is 0. The average Bonchev–Trinajstić information content (AvgIpc) is 2.81. The molecule has 1 unspecified atom stereocenters. The Balaban J connectivity index is 1.98. The minimum Gasteiger partial charge on any atom is -0.484 e. The zero-order valence-corrected chi connectivity index (χ0v) is 21.3. The number of hydrogen-bond acceptors (Lipinski definition) is 4. The van der Waals surface area contributed by atoms with Gasteiger partial charge in [-0.15, -0.1) is 0 Å². The second-order valence-electron chi connectivity index (χ2n) is 9.44. The minimum atomic E-state index is -0.965. The monoisotopic (exact) mass is 469 g/mol. The molecule has 2 aromatic rings. The fourth-order valence-corrected chi connectivity index (χ4v) is 3.92. The molecule has 0 heterocycles. The van der Waals surface area contributed by atoms with Crippen LogP contribution in [-0.2, 0) is 26.3 Å². The summed E-state index contributed by atoms with van der Waals surface area (Å²) in [6.07, 6.45) is -0.253. The maximum absolute atomic E-state index is 12.8. The molecule has 0 bridgehead atoms. The molecule has 0 aromatic heterocycles. The molecule has 6 heteroatoms. The van der Waals surface area contributed by atoms with E-state index in [2.05, 4.69) is 45.0 Å². The van der Waals surface area contributed by atoms with Gasteiger partial charge in [-0.2, -0.15) is 0 Å². The smallest absolute Gasteiger partial charge is 0.333 e. The molecule has 0 saturated heterocycles. The number of amides is 1. The van der Waals surface area contributed by atoms with Crippen molar-refractivity contribution in [2.45, 2.75) is 71.9 Å². The molecule has 1 N–H and O–H groups in total. The zero-order chi connectivity index (χ0) is 25.3. The van der Waals surface area contributed by atoms with E-state index in [1.165, 1.54) is 5.56 Å². The molecule has 0 fully saturated rings. The quantitative estimate of drug-likeness (QED) is 0.451. The molecule has 0 spiro atoms. The van der Waals surface area contributed by atoms with Crippen molar-refractivity contribution in [1.82, 2.24) is 4.90 Å². The van der Waals surface area contributed by atoms with Crippen LogP contribution in [0.5, 0.6) is 5.75 Å². The molecule has 1 amide bonds. The van der Waals surface area contributed by atoms with Gasteiger partial charge in [-0.3, -0.25) is 4.79 Å². The van der Waals surface area contributed by atoms with Crippen LogP contribution < -0.4 is 4.74 Å². The Kier molecular flexibility index (Phi) is 10.1. The van der Waals surface area contributed by atoms with E-state index in [0.29, 0.717) is 31.9 Å². The van der Waals surface area contributed by atoms with Crippen molar-refractivity contribution in [1.29, 1.82) is 0 Å². The Morgan fingerprint density at radius 2 is 1.59 bits per heavy atom. The second kappa shape index (κ2) is 12.6. The molecule has 2 atom stereocenters. The van der Waals surface area contributed by atoms with Gasteiger partial charge >= 0.3 is 5.97 Å². The molecule has 0 aliphatic rings. The van der Waals surface area contributed by atoms with Crippen molar-refractivity contribution in [3.05, 3.63) is 65.2 Å². The molecule has 0 aliphatic carbocycles. The topological polar surface area (TPSA) is 76.1 Å². The molecule has 0 saturated carbocycles. The van der Waals surface area contributed by atoms with Crippen molar-refractivity contribution >= 4 is 11.9 Å². The first-order valence-electron chi connectivity index (χ1n) is 12.0. The van der Waals surface area contributed by atoms with Crippen LogP contribution >= 0.6 is 0 Å². The van der Waals surface area contributed by atoms with Gasteiger partial charge in [0.25, 0.3) is 5.91 Å². The number of carbonyl (C=O) groups is 2. The average molecular weight is 470 g/mol. The molecular formula is C28H39NO5. The number of carboxylic acids is 1. The zero-order valence-electron chi connectivity index (χ0n) is 21.3. The lowest BCUT2D eigenvalue weighted by atomic mass is 9.87. The summed E-state index contributed by atoms with van der Waals surface area (Å²) in [5, 5.41) is 9.51. The lowest BCUT2D eigenvalue weighted by Gasteiger charge is -2.24. The van der Waals surface area contributed by atoms with Crippen LogP contribution in [0.15, 0.2) is 48.5 Å². The van der Waals surface area contributed by atoms with Gasteiger partial charge in [-0.05, 0) is 54.5 Å². The van der Waals surface area contributed by atoms with Gasteiger partial charge in [0, 0.05) is 25.6 Å². The van der Waals surface area contributed by atoms with Gasteiger partial charge in [0.2, 0.25) is 0 Å². The van der Waals surface area contributed by atoms with E-state index in [1.54, 1.807) is 24.0 Å². The van der Waals surface area contributed by atoms with E-state index < -0.39 is 12.1 Å². The number of likely N-dealkylation sites (N-methyl/N-ethyl adjacent to an activating group) is 1. The Hall–Kier alpha value is -2.86. The van der Waals surface area contributed by atoms with Crippen molar-refractivity contribution in [3.63, 3.8) is 0 Å². The van der Waals surface area contributed by atoms with E-state index in [1.807, 2.05) is 26.0 Å². The van der Waals surface area contributed by atoms with Crippen molar-refractivity contribution in [2.24, 2.45) is 0 Å². The SMILES string of the molecule is CCO[C@H](C(=O)O)C(CC)c1ccc(OCC(=O)N(CC)Cc2ccc(C(C)(C)C)cc2)cc1. The molecule has 0 aliphatic heterocycles. The first-order chi connectivity index (χ1) is 16.1. The number of ether oxygens (including phenoxy) is 2. The van der Waals surface area contributed by atoms with Gasteiger partial charge in [-0.25, -0.2) is 4.79 Å². The lowest BCUT2D eigenvalue weighted by molar-refractivity contribution is -0.151. The number of hydrogen-bond donors (Lipinski definition) is 1. The van der Waals surface area contributed by atoms with Crippen LogP contribution in [-0.4, -0.2) is 47.7 Å². The standard InChI is InChI=1S/C28H39NO5/c1-7-24(26(27(31)32)33-9-3)21-12-16-23(17-13-21)34-19-25(30)29(8-2)18-20-10-14-22(15-11-20)28(4,5)6/h10-17,24,26H,7-9,18-19H2,1-6H3,(H,31,32)/t24?,26-/m0/s1. The molecule has 2 rings (SSSR count). The summed E-state index contributed by atoms with van der Waals surface area (Å²) in [6.45, 7) is 13.6. The van der Waals surface area contributed by atoms with Crippen molar-refractivity contribution < 1.29 is 24.2 Å². The third-order valence-electron chi connectivity index (χ3n) is 5.99. The number of aliphatic carboxylic acids is 1. The summed E-state index contributed by atoms with van der Waals surface area (Å²) in [7, 11) is 0. The minimum absolute atomic E-state index is 0.0544. The number of carbonyl (C=O) groups excluding carboxylic acids is 1. The molecule has 186 valence electrons. The number of benzene rings is 2. The first kappa shape index (κ1) is 27.4. The van der Waals surface area contributed by atoms with Crippen LogP contribution in [0.4, 0.5) is 0 Å². The fraction of sp³-hybridized carbons (Fsp3) is 0.500. The Bertz CT molecular complexity index is 915. The molecule has 2 aromatic carbocycles. The summed E-state index contributed by atoms with van der Waals surface area (Å²) in [6, 6.07) is 15.6. The van der Waals surface area contributed by atoms with Crippen LogP contribution in [0, 0.1) is 0 Å². The summed E-state index contributed by atoms with van der Waals surface area (Å²) in [5.41, 5.74) is 3.31. The third kappa shape index (κ3) is 7.59. The molecule has 6 nitrogen and oxygen atoms in total. The normalized spacial score (nSPS) is 13.2. The molecular weight excluding hydrogens is 430 g/mol. The van der Waals surface area contributed by atoms with E-state index in [4.69, 9.17) is 9.47 Å². The van der Waals surface area contributed by atoms with Gasteiger partial charge in [0.05, 0.1) is 0 Å². The predicted octanol–water partition coefficient (Wildman–Crippen LogP) is 5.39. The first-order valence-corrected chi connectivity index (χ1v) is 12.0. The van der Waals surface area contributed by atoms with E-state index in [-0.39, 0.29) is 23.8 Å². The predicted molar refractivity (Wildman–Crippen MR) is 134 cm³/mol. The molecule has 0 radical (unpaired) electrons. The number of rotatable bonds is 12. The van der Waals surface area contributed by atoms with Crippen LogP contribution in [0.25, 0.3) is 0 Å². The highest BCUT2D eigenvalue weighted by molar-refractivity contribution is 5.77. The van der Waals surface area contributed by atoms with Crippen LogP contribution in [0.3, 0.4) is 0 Å². The fourth-order valence-electron chi connectivity index (χ4n) is 3.92. The van der Waals surface area contributed by atoms with Crippen LogP contribution in [0.2, 0.25) is 0 Å². The number of nitrogens with zero attached hydrogens (tertiary/aromatic N) is 1. The van der Waals surface area contributed by atoms with Gasteiger partial charge < -0.3 is 19.5 Å². The van der Waals surface area contributed by atoms with E-state index >= 15 is 0 Å². The third-order valence-corrected chi connectivity index (χ3v) is 5.99.